The second-order valence-corrected chi connectivity index (χ2v) is 7.23. The lowest BCUT2D eigenvalue weighted by molar-refractivity contribution is -0.159. The molecule has 3 aromatic carbocycles. The molecule has 0 spiro atoms. The number of phenols is 1. The molecule has 1 heterocycles. The standard InChI is InChI=1S/C23H17F3N4O4/c24-23(25,26)12-34-22(33)27-16-7-8-19(31)17(10-16)21(32)28-20-11-18(29-30-20)15-6-5-13-3-1-2-4-14(13)9-15/h1-11,31H,12H2,(H,27,33)(H2,28,29,30,32). The molecule has 1 aromatic heterocycles. The van der Waals surface area contributed by atoms with Crippen molar-refractivity contribution in [2.24, 2.45) is 0 Å². The zero-order valence-corrected chi connectivity index (χ0v) is 17.3. The first-order valence-electron chi connectivity index (χ1n) is 9.87. The highest BCUT2D eigenvalue weighted by molar-refractivity contribution is 6.06. The molecule has 0 aliphatic carbocycles. The lowest BCUT2D eigenvalue weighted by atomic mass is 10.1. The van der Waals surface area contributed by atoms with E-state index in [-0.39, 0.29) is 17.1 Å². The summed E-state index contributed by atoms with van der Waals surface area (Å²) in [6.07, 6.45) is -6.03. The summed E-state index contributed by atoms with van der Waals surface area (Å²) in [5.41, 5.74) is 1.21. The molecule has 0 saturated carbocycles. The van der Waals surface area contributed by atoms with Crippen LogP contribution in [-0.2, 0) is 4.74 Å². The van der Waals surface area contributed by atoms with Gasteiger partial charge in [-0.05, 0) is 35.0 Å². The van der Waals surface area contributed by atoms with E-state index in [1.165, 1.54) is 6.07 Å². The van der Waals surface area contributed by atoms with Crippen molar-refractivity contribution >= 4 is 34.3 Å². The van der Waals surface area contributed by atoms with Gasteiger partial charge in [-0.25, -0.2) is 4.79 Å². The van der Waals surface area contributed by atoms with Gasteiger partial charge in [0.1, 0.15) is 5.75 Å². The van der Waals surface area contributed by atoms with E-state index in [4.69, 9.17) is 0 Å². The van der Waals surface area contributed by atoms with Crippen LogP contribution in [-0.4, -0.2) is 40.1 Å². The lowest BCUT2D eigenvalue weighted by Gasteiger charge is -2.10. The Morgan fingerprint density at radius 2 is 1.74 bits per heavy atom. The number of fused-ring (bicyclic) bond motifs is 1. The third-order valence-corrected chi connectivity index (χ3v) is 4.73. The molecule has 0 radical (unpaired) electrons. The van der Waals surface area contributed by atoms with Gasteiger partial charge in [0.25, 0.3) is 5.91 Å². The first-order valence-corrected chi connectivity index (χ1v) is 9.87. The number of alkyl halides is 3. The quantitative estimate of drug-likeness (QED) is 0.296. The van der Waals surface area contributed by atoms with Crippen molar-refractivity contribution in [3.05, 3.63) is 72.3 Å². The largest absolute Gasteiger partial charge is 0.507 e. The minimum Gasteiger partial charge on any atom is -0.507 e. The van der Waals surface area contributed by atoms with Crippen molar-refractivity contribution in [3.63, 3.8) is 0 Å². The Hall–Kier alpha value is -4.54. The Balaban J connectivity index is 1.46. The number of hydrogen-bond acceptors (Lipinski definition) is 5. The van der Waals surface area contributed by atoms with Crippen LogP contribution in [0.2, 0.25) is 0 Å². The molecule has 0 saturated heterocycles. The molecule has 8 nitrogen and oxygen atoms in total. The number of carbonyl (C=O) groups is 2. The number of aromatic nitrogens is 2. The Labute approximate surface area is 190 Å². The number of nitrogens with one attached hydrogen (secondary N) is 3. The summed E-state index contributed by atoms with van der Waals surface area (Å²) < 4.78 is 40.5. The Morgan fingerprint density at radius 1 is 0.971 bits per heavy atom. The van der Waals surface area contributed by atoms with Crippen molar-refractivity contribution < 1.29 is 32.6 Å². The number of nitrogens with zero attached hydrogens (tertiary/aromatic N) is 1. The zero-order valence-electron chi connectivity index (χ0n) is 17.3. The highest BCUT2D eigenvalue weighted by atomic mass is 19.4. The van der Waals surface area contributed by atoms with Gasteiger partial charge in [0, 0.05) is 17.3 Å². The van der Waals surface area contributed by atoms with Crippen LogP contribution in [0.15, 0.2) is 66.7 Å². The number of carbonyl (C=O) groups excluding carboxylic acids is 2. The van der Waals surface area contributed by atoms with E-state index >= 15 is 0 Å². The monoisotopic (exact) mass is 470 g/mol. The van der Waals surface area contributed by atoms with E-state index in [2.05, 4.69) is 25.6 Å². The van der Waals surface area contributed by atoms with E-state index in [0.29, 0.717) is 5.69 Å². The number of amides is 2. The normalized spacial score (nSPS) is 11.3. The molecule has 0 fully saturated rings. The van der Waals surface area contributed by atoms with Crippen LogP contribution in [0.3, 0.4) is 0 Å². The number of ether oxygens (including phenoxy) is 1. The second kappa shape index (κ2) is 9.14. The number of benzene rings is 3. The summed E-state index contributed by atoms with van der Waals surface area (Å²) in [5, 5.41) is 23.6. The minimum absolute atomic E-state index is 0.0472. The van der Waals surface area contributed by atoms with Crippen LogP contribution in [0.4, 0.5) is 29.5 Å². The van der Waals surface area contributed by atoms with Gasteiger partial charge in [0.05, 0.1) is 11.3 Å². The summed E-state index contributed by atoms with van der Waals surface area (Å²) in [4.78, 5) is 24.2. The summed E-state index contributed by atoms with van der Waals surface area (Å²) in [6.45, 7) is -1.76. The van der Waals surface area contributed by atoms with Crippen LogP contribution in [0, 0.1) is 0 Å². The Bertz CT molecular complexity index is 1370. The maximum absolute atomic E-state index is 12.6. The fraction of sp³-hybridized carbons (Fsp3) is 0.0870. The summed E-state index contributed by atoms with van der Waals surface area (Å²) >= 11 is 0. The number of phenolic OH excluding ortho intramolecular Hbond substituents is 1. The molecule has 4 rings (SSSR count). The van der Waals surface area contributed by atoms with Crippen molar-refractivity contribution in [2.45, 2.75) is 6.18 Å². The Morgan fingerprint density at radius 3 is 2.50 bits per heavy atom. The number of aromatic hydroxyl groups is 1. The number of anilines is 2. The van der Waals surface area contributed by atoms with Gasteiger partial charge in [-0.2, -0.15) is 18.3 Å². The van der Waals surface area contributed by atoms with Crippen LogP contribution >= 0.6 is 0 Å². The van der Waals surface area contributed by atoms with Crippen LogP contribution < -0.4 is 10.6 Å². The SMILES string of the molecule is O=C(Nc1ccc(O)c(C(=O)Nc2cc(-c3ccc4ccccc4c3)[nH]n2)c1)OCC(F)(F)F. The molecule has 0 bridgehead atoms. The number of halogens is 3. The summed E-state index contributed by atoms with van der Waals surface area (Å²) in [5.74, 6) is -0.978. The number of aromatic amines is 1. The average molecular weight is 470 g/mol. The predicted octanol–water partition coefficient (Wildman–Crippen LogP) is 5.30. The third-order valence-electron chi connectivity index (χ3n) is 4.73. The van der Waals surface area contributed by atoms with Gasteiger partial charge in [-0.3, -0.25) is 15.2 Å². The summed E-state index contributed by atoms with van der Waals surface area (Å²) in [6, 6.07) is 18.7. The van der Waals surface area contributed by atoms with E-state index < -0.39 is 30.5 Å². The van der Waals surface area contributed by atoms with Crippen LogP contribution in [0.25, 0.3) is 22.0 Å². The Kier molecular flexibility index (Phi) is 6.09. The smallest absolute Gasteiger partial charge is 0.422 e. The average Bonchev–Trinajstić information content (AvgIpc) is 3.26. The van der Waals surface area contributed by atoms with E-state index in [1.807, 2.05) is 42.5 Å². The molecule has 0 aliphatic heterocycles. The van der Waals surface area contributed by atoms with Crippen molar-refractivity contribution in [1.29, 1.82) is 0 Å². The molecule has 34 heavy (non-hydrogen) atoms. The molecular weight excluding hydrogens is 453 g/mol. The van der Waals surface area contributed by atoms with E-state index in [0.717, 1.165) is 28.5 Å². The molecule has 2 amide bonds. The maximum Gasteiger partial charge on any atom is 0.422 e. The van der Waals surface area contributed by atoms with Crippen molar-refractivity contribution in [3.8, 4) is 17.0 Å². The number of hydrogen-bond donors (Lipinski definition) is 4. The minimum atomic E-state index is -4.67. The van der Waals surface area contributed by atoms with Gasteiger partial charge >= 0.3 is 12.3 Å². The molecular formula is C23H17F3N4O4. The first kappa shape index (κ1) is 22.6. The van der Waals surface area contributed by atoms with Crippen LogP contribution in [0.5, 0.6) is 5.75 Å². The molecule has 0 atom stereocenters. The predicted molar refractivity (Wildman–Crippen MR) is 119 cm³/mol. The fourth-order valence-electron chi connectivity index (χ4n) is 3.17. The van der Waals surface area contributed by atoms with Gasteiger partial charge in [-0.15, -0.1) is 0 Å². The fourth-order valence-corrected chi connectivity index (χ4v) is 3.17. The van der Waals surface area contributed by atoms with Crippen molar-refractivity contribution in [2.75, 3.05) is 17.2 Å². The topological polar surface area (TPSA) is 116 Å². The van der Waals surface area contributed by atoms with Gasteiger partial charge in [0.15, 0.2) is 12.4 Å². The van der Waals surface area contributed by atoms with E-state index in [1.54, 1.807) is 6.07 Å². The highest BCUT2D eigenvalue weighted by Crippen LogP contribution is 2.26. The van der Waals surface area contributed by atoms with Crippen molar-refractivity contribution in [1.82, 2.24) is 10.2 Å². The molecule has 174 valence electrons. The maximum atomic E-state index is 12.6. The molecule has 11 heteroatoms. The first-order chi connectivity index (χ1) is 16.2. The second-order valence-electron chi connectivity index (χ2n) is 7.23. The highest BCUT2D eigenvalue weighted by Gasteiger charge is 2.29. The summed E-state index contributed by atoms with van der Waals surface area (Å²) in [7, 11) is 0. The molecule has 4 aromatic rings. The zero-order chi connectivity index (χ0) is 24.3. The third kappa shape index (κ3) is 5.44. The van der Waals surface area contributed by atoms with Gasteiger partial charge in [0.2, 0.25) is 0 Å². The van der Waals surface area contributed by atoms with Gasteiger partial charge in [-0.1, -0.05) is 36.4 Å². The number of H-pyrrole nitrogens is 1. The molecule has 0 unspecified atom stereocenters. The molecule has 4 N–H and O–H groups in total. The van der Waals surface area contributed by atoms with Crippen LogP contribution in [0.1, 0.15) is 10.4 Å². The van der Waals surface area contributed by atoms with E-state index in [9.17, 15) is 27.9 Å². The van der Waals surface area contributed by atoms with Gasteiger partial charge < -0.3 is 15.2 Å². The number of rotatable bonds is 5. The lowest BCUT2D eigenvalue weighted by Crippen LogP contribution is -2.23. The molecule has 0 aliphatic rings.